The lowest BCUT2D eigenvalue weighted by Gasteiger charge is -2.38. The molecule has 0 aliphatic carbocycles. The van der Waals surface area contributed by atoms with Crippen LogP contribution in [-0.4, -0.2) is 42.7 Å². The van der Waals surface area contributed by atoms with Gasteiger partial charge in [-0.15, -0.1) is 0 Å². The zero-order valence-corrected chi connectivity index (χ0v) is 17.0. The van der Waals surface area contributed by atoms with Crippen LogP contribution in [0.4, 0.5) is 11.6 Å². The van der Waals surface area contributed by atoms with Gasteiger partial charge in [-0.2, -0.15) is 20.0 Å². The Morgan fingerprint density at radius 2 is 1.90 bits per heavy atom. The highest BCUT2D eigenvalue weighted by molar-refractivity contribution is 5.74. The van der Waals surface area contributed by atoms with E-state index in [1.807, 2.05) is 36.5 Å². The van der Waals surface area contributed by atoms with Crippen LogP contribution in [0, 0.1) is 0 Å². The van der Waals surface area contributed by atoms with E-state index < -0.39 is 0 Å². The van der Waals surface area contributed by atoms with E-state index in [2.05, 4.69) is 38.4 Å². The van der Waals surface area contributed by atoms with Crippen LogP contribution in [0.2, 0.25) is 0 Å². The second-order valence-electron chi connectivity index (χ2n) is 8.07. The molecule has 0 saturated carbocycles. The molecule has 2 N–H and O–H groups in total. The Labute approximate surface area is 173 Å². The first-order valence-electron chi connectivity index (χ1n) is 10.1. The number of hydrogen-bond donors (Lipinski definition) is 2. The number of nitrogens with zero attached hydrogens (tertiary/aromatic N) is 6. The topological polar surface area (TPSA) is 96.7 Å². The predicted octanol–water partition coefficient (Wildman–Crippen LogP) is 2.29. The Kier molecular flexibility index (Phi) is 4.30. The molecule has 30 heavy (non-hydrogen) atoms. The van der Waals surface area contributed by atoms with Crippen LogP contribution in [0.15, 0.2) is 53.6 Å². The highest BCUT2D eigenvalue weighted by atomic mass is 16.1. The molecule has 1 fully saturated rings. The minimum Gasteiger partial charge on any atom is -0.342 e. The normalized spacial score (nSPS) is 16.1. The van der Waals surface area contributed by atoms with Gasteiger partial charge in [0.2, 0.25) is 5.95 Å². The van der Waals surface area contributed by atoms with Crippen LogP contribution in [-0.2, 0) is 12.5 Å². The van der Waals surface area contributed by atoms with Crippen LogP contribution >= 0.6 is 0 Å². The van der Waals surface area contributed by atoms with Crippen molar-refractivity contribution in [1.29, 1.82) is 0 Å². The molecular formula is C21H24N8O. The van der Waals surface area contributed by atoms with E-state index in [1.165, 1.54) is 0 Å². The van der Waals surface area contributed by atoms with E-state index in [1.54, 1.807) is 22.7 Å². The molecule has 0 radical (unpaired) electrons. The fraction of sp³-hybridized carbons (Fsp3) is 0.333. The first-order chi connectivity index (χ1) is 14.5. The third-order valence-electron chi connectivity index (χ3n) is 5.98. The summed E-state index contributed by atoms with van der Waals surface area (Å²) < 4.78 is 1.63. The summed E-state index contributed by atoms with van der Waals surface area (Å²) in [5, 5.41) is 9.41. The number of para-hydroxylation sites is 1. The fourth-order valence-corrected chi connectivity index (χ4v) is 3.99. The fourth-order valence-electron chi connectivity index (χ4n) is 3.99. The molecule has 0 atom stereocenters. The van der Waals surface area contributed by atoms with Gasteiger partial charge in [0.25, 0.3) is 5.56 Å². The molecule has 1 aliphatic heterocycles. The Balaban J connectivity index is 1.32. The quantitative estimate of drug-likeness (QED) is 0.542. The van der Waals surface area contributed by atoms with Crippen molar-refractivity contribution in [3.63, 3.8) is 0 Å². The van der Waals surface area contributed by atoms with Crippen molar-refractivity contribution < 1.29 is 0 Å². The van der Waals surface area contributed by atoms with Crippen molar-refractivity contribution in [2.75, 3.05) is 23.4 Å². The molecule has 4 aromatic rings. The monoisotopic (exact) mass is 404 g/mol. The van der Waals surface area contributed by atoms with Gasteiger partial charge in [-0.1, -0.05) is 25.1 Å². The van der Waals surface area contributed by atoms with Gasteiger partial charge in [0.1, 0.15) is 5.39 Å². The number of anilines is 2. The number of aryl methyl sites for hydroxylation is 1. The third kappa shape index (κ3) is 3.22. The molecule has 4 heterocycles. The summed E-state index contributed by atoms with van der Waals surface area (Å²) in [5.41, 5.74) is 5.76. The van der Waals surface area contributed by atoms with Gasteiger partial charge in [0, 0.05) is 31.7 Å². The molecule has 9 nitrogen and oxygen atoms in total. The summed E-state index contributed by atoms with van der Waals surface area (Å²) in [6.07, 6.45) is 5.35. The smallest absolute Gasteiger partial charge is 0.263 e. The first kappa shape index (κ1) is 18.4. The van der Waals surface area contributed by atoms with Crippen LogP contribution < -0.4 is 15.9 Å². The average molecular weight is 404 g/mol. The lowest BCUT2D eigenvalue weighted by Crippen LogP contribution is -2.42. The van der Waals surface area contributed by atoms with E-state index in [4.69, 9.17) is 5.10 Å². The van der Waals surface area contributed by atoms with Crippen molar-refractivity contribution >= 4 is 22.7 Å². The second kappa shape index (κ2) is 7.01. The number of hydrogen-bond acceptors (Lipinski definition) is 6. The zero-order chi connectivity index (χ0) is 20.7. The maximum absolute atomic E-state index is 12.4. The summed E-state index contributed by atoms with van der Waals surface area (Å²) >= 11 is 0. The molecule has 0 amide bonds. The van der Waals surface area contributed by atoms with Crippen LogP contribution in [0.1, 0.15) is 25.5 Å². The Hall–Kier alpha value is -3.62. The highest BCUT2D eigenvalue weighted by Gasteiger charge is 2.34. The molecule has 0 unspecified atom stereocenters. The Morgan fingerprint density at radius 3 is 2.67 bits per heavy atom. The molecule has 1 saturated heterocycles. The summed E-state index contributed by atoms with van der Waals surface area (Å²) in [6, 6.07) is 12.1. The molecule has 0 spiro atoms. The minimum absolute atomic E-state index is 0.0307. The zero-order valence-electron chi connectivity index (χ0n) is 17.0. The summed E-state index contributed by atoms with van der Waals surface area (Å²) in [6.45, 7) is 3.84. The van der Waals surface area contributed by atoms with Crippen molar-refractivity contribution in [1.82, 2.24) is 29.6 Å². The number of H-pyrrole nitrogens is 1. The highest BCUT2D eigenvalue weighted by Crippen LogP contribution is 2.34. The summed E-state index contributed by atoms with van der Waals surface area (Å²) in [5.74, 6) is 0.606. The largest absolute Gasteiger partial charge is 0.342 e. The van der Waals surface area contributed by atoms with E-state index >= 15 is 0 Å². The number of piperidine rings is 1. The number of fused-ring (bicyclic) bond motifs is 1. The van der Waals surface area contributed by atoms with E-state index in [0.717, 1.165) is 37.3 Å². The molecule has 0 bridgehead atoms. The number of benzene rings is 1. The van der Waals surface area contributed by atoms with Crippen LogP contribution in [0.25, 0.3) is 11.0 Å². The standard InChI is InChI=1S/C21H24N8O/c1-21(17-8-11-29(26-17)25-15-6-4-3-5-7-15)9-12-28(13-10-21)20-23-18-16(19(30)24-20)14-22-27(18)2/h3-8,11,14,25H,9-10,12-13H2,1-2H3,(H,23,24,30). The molecule has 1 aliphatic rings. The first-order valence-corrected chi connectivity index (χ1v) is 10.1. The summed E-state index contributed by atoms with van der Waals surface area (Å²) in [4.78, 5) is 23.8. The molecule has 1 aromatic carbocycles. The van der Waals surface area contributed by atoms with Gasteiger partial charge in [-0.25, -0.2) is 0 Å². The lowest BCUT2D eigenvalue weighted by molar-refractivity contribution is 0.349. The SMILES string of the molecule is Cn1ncc2c(=O)[nH]c(N3CCC(C)(c4ccn(Nc5ccccc5)n4)CC3)nc21. The van der Waals surface area contributed by atoms with E-state index in [0.29, 0.717) is 17.0 Å². The average Bonchev–Trinajstić information content (AvgIpc) is 3.37. The minimum atomic E-state index is -0.151. The van der Waals surface area contributed by atoms with Crippen molar-refractivity contribution in [3.8, 4) is 0 Å². The van der Waals surface area contributed by atoms with Crippen molar-refractivity contribution in [2.24, 2.45) is 7.05 Å². The number of nitrogens with one attached hydrogen (secondary N) is 2. The van der Waals surface area contributed by atoms with Gasteiger partial charge >= 0.3 is 0 Å². The van der Waals surface area contributed by atoms with Crippen LogP contribution in [0.3, 0.4) is 0 Å². The number of aromatic amines is 1. The van der Waals surface area contributed by atoms with E-state index in [9.17, 15) is 4.79 Å². The molecule has 5 rings (SSSR count). The Morgan fingerprint density at radius 1 is 1.13 bits per heavy atom. The Bertz CT molecular complexity index is 1230. The van der Waals surface area contributed by atoms with Gasteiger partial charge in [0.05, 0.1) is 17.6 Å². The maximum atomic E-state index is 12.4. The predicted molar refractivity (Wildman–Crippen MR) is 116 cm³/mol. The number of aromatic nitrogens is 6. The van der Waals surface area contributed by atoms with Gasteiger partial charge in [-0.05, 0) is 31.0 Å². The molecule has 9 heteroatoms. The van der Waals surface area contributed by atoms with Gasteiger partial charge in [0.15, 0.2) is 5.65 Å². The lowest BCUT2D eigenvalue weighted by atomic mass is 9.78. The number of rotatable bonds is 4. The molecule has 3 aromatic heterocycles. The molecular weight excluding hydrogens is 380 g/mol. The van der Waals surface area contributed by atoms with Gasteiger partial charge in [-0.3, -0.25) is 19.9 Å². The summed E-state index contributed by atoms with van der Waals surface area (Å²) in [7, 11) is 1.80. The molecule has 154 valence electrons. The van der Waals surface area contributed by atoms with Crippen molar-refractivity contribution in [2.45, 2.75) is 25.2 Å². The van der Waals surface area contributed by atoms with Crippen LogP contribution in [0.5, 0.6) is 0 Å². The third-order valence-corrected chi connectivity index (χ3v) is 5.98. The maximum Gasteiger partial charge on any atom is 0.263 e. The van der Waals surface area contributed by atoms with E-state index in [-0.39, 0.29) is 11.0 Å². The van der Waals surface area contributed by atoms with Crippen molar-refractivity contribution in [3.05, 3.63) is 64.8 Å². The van der Waals surface area contributed by atoms with Gasteiger partial charge < -0.3 is 4.90 Å². The second-order valence-corrected chi connectivity index (χ2v) is 8.07.